The molecule has 2 fully saturated rings. The Morgan fingerprint density at radius 1 is 1.27 bits per heavy atom. The van der Waals surface area contributed by atoms with Gasteiger partial charge in [0.25, 0.3) is 0 Å². The Labute approximate surface area is 133 Å². The van der Waals surface area contributed by atoms with E-state index in [0.717, 1.165) is 31.7 Å². The van der Waals surface area contributed by atoms with Crippen LogP contribution in [0.5, 0.6) is 0 Å². The average molecular weight is 305 g/mol. The summed E-state index contributed by atoms with van der Waals surface area (Å²) in [4.78, 5) is 18.4. The summed E-state index contributed by atoms with van der Waals surface area (Å²) in [6.45, 7) is 9.10. The smallest absolute Gasteiger partial charge is 0.226 e. The molecule has 122 valence electrons. The minimum atomic E-state index is 0.208. The molecule has 0 spiro atoms. The number of nitrogens with two attached hydrogens (primary N) is 1. The van der Waals surface area contributed by atoms with Crippen LogP contribution in [-0.4, -0.2) is 60.5 Å². The number of anilines is 1. The second-order valence-electron chi connectivity index (χ2n) is 5.21. The zero-order valence-corrected chi connectivity index (χ0v) is 13.4. The van der Waals surface area contributed by atoms with E-state index in [1.54, 1.807) is 35.6 Å². The molecule has 1 amide bonds. The van der Waals surface area contributed by atoms with Gasteiger partial charge in [0.05, 0.1) is 0 Å². The van der Waals surface area contributed by atoms with Crippen LogP contribution in [0.15, 0.2) is 37.3 Å². The van der Waals surface area contributed by atoms with Gasteiger partial charge in [0.15, 0.2) is 0 Å². The number of nitrogens with zero attached hydrogens (tertiary/aromatic N) is 3. The summed E-state index contributed by atoms with van der Waals surface area (Å²) < 4.78 is 0. The SMILES string of the molecule is C=CN1CCCC1=O.CN1CCNCC1.Nc1ccncc1. The summed E-state index contributed by atoms with van der Waals surface area (Å²) in [5, 5.41) is 3.27. The van der Waals surface area contributed by atoms with E-state index in [2.05, 4.69) is 28.8 Å². The lowest BCUT2D eigenvalue weighted by Crippen LogP contribution is -2.40. The normalized spacial score (nSPS) is 17.9. The molecule has 2 aliphatic heterocycles. The molecule has 22 heavy (non-hydrogen) atoms. The molecule has 1 aromatic rings. The van der Waals surface area contributed by atoms with Gasteiger partial charge in [-0.3, -0.25) is 9.78 Å². The van der Waals surface area contributed by atoms with Gasteiger partial charge in [0, 0.05) is 57.2 Å². The lowest BCUT2D eigenvalue weighted by molar-refractivity contribution is -0.125. The van der Waals surface area contributed by atoms with Crippen molar-refractivity contribution in [2.75, 3.05) is 45.5 Å². The second-order valence-corrected chi connectivity index (χ2v) is 5.21. The number of carbonyl (C=O) groups is 1. The molecule has 0 bridgehead atoms. The number of hydrogen-bond donors (Lipinski definition) is 2. The van der Waals surface area contributed by atoms with Crippen molar-refractivity contribution < 1.29 is 4.79 Å². The van der Waals surface area contributed by atoms with Crippen molar-refractivity contribution in [1.82, 2.24) is 20.1 Å². The molecule has 1 aromatic heterocycles. The van der Waals surface area contributed by atoms with Crippen molar-refractivity contribution in [1.29, 1.82) is 0 Å². The highest BCUT2D eigenvalue weighted by atomic mass is 16.2. The summed E-state index contributed by atoms with van der Waals surface area (Å²) in [5.74, 6) is 0.208. The number of amides is 1. The third-order valence-corrected chi connectivity index (χ3v) is 3.38. The first-order chi connectivity index (χ1) is 10.6. The molecule has 0 aromatic carbocycles. The quantitative estimate of drug-likeness (QED) is 0.807. The summed E-state index contributed by atoms with van der Waals surface area (Å²) in [7, 11) is 2.15. The minimum absolute atomic E-state index is 0.208. The number of nitrogen functional groups attached to an aromatic ring is 1. The molecular formula is C16H27N5O. The topological polar surface area (TPSA) is 74.5 Å². The van der Waals surface area contributed by atoms with Gasteiger partial charge in [-0.05, 0) is 31.8 Å². The van der Waals surface area contributed by atoms with Crippen LogP contribution in [0, 0.1) is 0 Å². The van der Waals surface area contributed by atoms with Gasteiger partial charge in [-0.2, -0.15) is 0 Å². The van der Waals surface area contributed by atoms with Crippen LogP contribution >= 0.6 is 0 Å². The molecule has 0 saturated carbocycles. The van der Waals surface area contributed by atoms with Gasteiger partial charge < -0.3 is 20.9 Å². The van der Waals surface area contributed by atoms with Crippen molar-refractivity contribution in [3.8, 4) is 0 Å². The standard InChI is InChI=1S/C6H9NO.C5H12N2.C5H6N2/c1-2-7-5-3-4-6(7)8;1-7-4-2-6-3-5-7;6-5-1-3-7-4-2-5/h2H,1,3-5H2;6H,2-5H2,1H3;1-4H,(H2,6,7). The maximum atomic E-state index is 10.7. The fourth-order valence-electron chi connectivity index (χ4n) is 2.00. The zero-order chi connectivity index (χ0) is 16.2. The van der Waals surface area contributed by atoms with E-state index in [0.29, 0.717) is 6.42 Å². The lowest BCUT2D eigenvalue weighted by Gasteiger charge is -2.21. The van der Waals surface area contributed by atoms with Gasteiger partial charge in [-0.25, -0.2) is 0 Å². The third-order valence-electron chi connectivity index (χ3n) is 3.38. The van der Waals surface area contributed by atoms with Crippen LogP contribution in [0.3, 0.4) is 0 Å². The predicted octanol–water partition coefficient (Wildman–Crippen LogP) is 0.938. The molecule has 3 N–H and O–H groups in total. The average Bonchev–Trinajstić information content (AvgIpc) is 2.95. The van der Waals surface area contributed by atoms with E-state index in [1.807, 2.05) is 0 Å². The Hall–Kier alpha value is -1.92. The molecule has 0 aliphatic carbocycles. The third kappa shape index (κ3) is 7.75. The van der Waals surface area contributed by atoms with Gasteiger partial charge in [0.1, 0.15) is 0 Å². The summed E-state index contributed by atoms with van der Waals surface area (Å²) in [6.07, 6.45) is 6.61. The Morgan fingerprint density at radius 2 is 1.91 bits per heavy atom. The van der Waals surface area contributed by atoms with Crippen LogP contribution in [0.25, 0.3) is 0 Å². The van der Waals surface area contributed by atoms with E-state index < -0.39 is 0 Å². The second kappa shape index (κ2) is 10.8. The molecule has 3 heterocycles. The van der Waals surface area contributed by atoms with Gasteiger partial charge in [-0.1, -0.05) is 6.58 Å². The number of hydrogen-bond acceptors (Lipinski definition) is 5. The number of likely N-dealkylation sites (tertiary alicyclic amines) is 1. The Morgan fingerprint density at radius 3 is 2.18 bits per heavy atom. The summed E-state index contributed by atoms with van der Waals surface area (Å²) >= 11 is 0. The highest BCUT2D eigenvalue weighted by Gasteiger charge is 2.15. The van der Waals surface area contributed by atoms with E-state index in [1.165, 1.54) is 13.1 Å². The Bertz CT molecular complexity index is 431. The molecule has 0 radical (unpaired) electrons. The first-order valence-electron chi connectivity index (χ1n) is 7.60. The number of carbonyl (C=O) groups excluding carboxylic acids is 1. The van der Waals surface area contributed by atoms with Crippen LogP contribution in [0.2, 0.25) is 0 Å². The van der Waals surface area contributed by atoms with Gasteiger partial charge >= 0.3 is 0 Å². The number of nitrogens with one attached hydrogen (secondary N) is 1. The highest BCUT2D eigenvalue weighted by molar-refractivity contribution is 5.78. The molecule has 2 saturated heterocycles. The number of piperazine rings is 1. The minimum Gasteiger partial charge on any atom is -0.399 e. The largest absolute Gasteiger partial charge is 0.399 e. The molecule has 6 nitrogen and oxygen atoms in total. The number of rotatable bonds is 1. The molecule has 3 rings (SSSR count). The lowest BCUT2D eigenvalue weighted by atomic mass is 10.4. The fraction of sp³-hybridized carbons (Fsp3) is 0.500. The Kier molecular flexibility index (Phi) is 8.86. The fourth-order valence-corrected chi connectivity index (χ4v) is 2.00. The van der Waals surface area contributed by atoms with Crippen LogP contribution in [0.4, 0.5) is 5.69 Å². The summed E-state index contributed by atoms with van der Waals surface area (Å²) in [6, 6.07) is 3.50. The van der Waals surface area contributed by atoms with Gasteiger partial charge in [0.2, 0.25) is 5.91 Å². The number of pyridine rings is 1. The van der Waals surface area contributed by atoms with Crippen LogP contribution in [-0.2, 0) is 4.79 Å². The number of aromatic nitrogens is 1. The van der Waals surface area contributed by atoms with Crippen molar-refractivity contribution in [2.24, 2.45) is 0 Å². The zero-order valence-electron chi connectivity index (χ0n) is 13.4. The van der Waals surface area contributed by atoms with Crippen molar-refractivity contribution >= 4 is 11.6 Å². The predicted molar refractivity (Wildman–Crippen MR) is 90.2 cm³/mol. The van der Waals surface area contributed by atoms with Crippen molar-refractivity contribution in [3.05, 3.63) is 37.3 Å². The highest BCUT2D eigenvalue weighted by Crippen LogP contribution is 2.08. The first kappa shape index (κ1) is 18.1. The van der Waals surface area contributed by atoms with Crippen LogP contribution < -0.4 is 11.1 Å². The van der Waals surface area contributed by atoms with E-state index >= 15 is 0 Å². The van der Waals surface area contributed by atoms with Crippen molar-refractivity contribution in [2.45, 2.75) is 12.8 Å². The Balaban J connectivity index is 0.000000166. The van der Waals surface area contributed by atoms with E-state index in [-0.39, 0.29) is 5.91 Å². The summed E-state index contributed by atoms with van der Waals surface area (Å²) in [5.41, 5.74) is 6.08. The first-order valence-corrected chi connectivity index (χ1v) is 7.60. The maximum absolute atomic E-state index is 10.7. The molecular weight excluding hydrogens is 278 g/mol. The van der Waals surface area contributed by atoms with E-state index in [4.69, 9.17) is 5.73 Å². The molecule has 0 unspecified atom stereocenters. The van der Waals surface area contributed by atoms with Gasteiger partial charge in [-0.15, -0.1) is 0 Å². The van der Waals surface area contributed by atoms with Crippen LogP contribution in [0.1, 0.15) is 12.8 Å². The van der Waals surface area contributed by atoms with Crippen molar-refractivity contribution in [3.63, 3.8) is 0 Å². The molecule has 0 atom stereocenters. The monoisotopic (exact) mass is 305 g/mol. The maximum Gasteiger partial charge on any atom is 0.226 e. The molecule has 2 aliphatic rings. The number of likely N-dealkylation sites (N-methyl/N-ethyl adjacent to an activating group) is 1. The molecule has 6 heteroatoms. The van der Waals surface area contributed by atoms with E-state index in [9.17, 15) is 4.79 Å².